The maximum absolute atomic E-state index is 5.33. The summed E-state index contributed by atoms with van der Waals surface area (Å²) in [4.78, 5) is 0. The van der Waals surface area contributed by atoms with Gasteiger partial charge in [0.1, 0.15) is 0 Å². The van der Waals surface area contributed by atoms with Crippen LogP contribution in [0.4, 0.5) is 0 Å². The molecule has 0 radical (unpaired) electrons. The Bertz CT molecular complexity index is 257. The first-order valence-corrected chi connectivity index (χ1v) is 6.43. The van der Waals surface area contributed by atoms with Crippen LogP contribution in [0.3, 0.4) is 0 Å². The van der Waals surface area contributed by atoms with Crippen molar-refractivity contribution in [3.8, 4) is 0 Å². The summed E-state index contributed by atoms with van der Waals surface area (Å²) in [5.74, 6) is 1.86. The van der Waals surface area contributed by atoms with Gasteiger partial charge in [0.25, 0.3) is 0 Å². The van der Waals surface area contributed by atoms with E-state index in [1.807, 2.05) is 0 Å². The van der Waals surface area contributed by atoms with Gasteiger partial charge in [0, 0.05) is 11.6 Å². The molecule has 0 aromatic heterocycles. The lowest BCUT2D eigenvalue weighted by Crippen LogP contribution is -2.50. The van der Waals surface area contributed by atoms with Crippen LogP contribution in [0.1, 0.15) is 46.5 Å². The summed E-state index contributed by atoms with van der Waals surface area (Å²) in [6.07, 6.45) is 5.61. The predicted octanol–water partition coefficient (Wildman–Crippen LogP) is 2.44. The van der Waals surface area contributed by atoms with Crippen LogP contribution in [0, 0.1) is 11.8 Å². The molecule has 3 heteroatoms. The normalized spacial score (nSPS) is 34.2. The number of thiocarbonyl (C=S) groups is 1. The van der Waals surface area contributed by atoms with Crippen molar-refractivity contribution in [2.45, 2.75) is 58.0 Å². The van der Waals surface area contributed by atoms with E-state index in [1.165, 1.54) is 25.7 Å². The summed E-state index contributed by atoms with van der Waals surface area (Å²) in [6.45, 7) is 6.42. The molecule has 0 unspecified atom stereocenters. The monoisotopic (exact) mass is 226 g/mol. The van der Waals surface area contributed by atoms with E-state index in [0.717, 1.165) is 16.9 Å². The molecule has 0 heterocycles. The van der Waals surface area contributed by atoms with E-state index in [2.05, 4.69) is 31.4 Å². The third-order valence-corrected chi connectivity index (χ3v) is 3.76. The van der Waals surface area contributed by atoms with Gasteiger partial charge in [-0.05, 0) is 64.1 Å². The van der Waals surface area contributed by atoms with Gasteiger partial charge in [0.05, 0.1) is 0 Å². The summed E-state index contributed by atoms with van der Waals surface area (Å²) >= 11 is 5.33. The van der Waals surface area contributed by atoms with E-state index in [1.54, 1.807) is 0 Å². The van der Waals surface area contributed by atoms with Gasteiger partial charge < -0.3 is 10.6 Å². The lowest BCUT2D eigenvalue weighted by Gasteiger charge is -2.28. The van der Waals surface area contributed by atoms with E-state index in [9.17, 15) is 0 Å². The molecule has 0 spiro atoms. The molecule has 0 saturated heterocycles. The van der Waals surface area contributed by atoms with E-state index in [-0.39, 0.29) is 5.54 Å². The van der Waals surface area contributed by atoms with Crippen LogP contribution in [0.5, 0.6) is 0 Å². The van der Waals surface area contributed by atoms with Crippen LogP contribution >= 0.6 is 12.2 Å². The van der Waals surface area contributed by atoms with Gasteiger partial charge in [-0.25, -0.2) is 0 Å². The molecule has 0 aliphatic heterocycles. The quantitative estimate of drug-likeness (QED) is 0.672. The zero-order valence-electron chi connectivity index (χ0n) is 9.97. The second-order valence-electron chi connectivity index (χ2n) is 6.13. The summed E-state index contributed by atoms with van der Waals surface area (Å²) < 4.78 is 0. The van der Waals surface area contributed by atoms with Crippen LogP contribution in [-0.2, 0) is 0 Å². The first kappa shape index (κ1) is 11.2. The molecule has 2 aliphatic rings. The van der Waals surface area contributed by atoms with Gasteiger partial charge in [-0.2, -0.15) is 0 Å². The predicted molar refractivity (Wildman–Crippen MR) is 67.9 cm³/mol. The number of hydrogen-bond acceptors (Lipinski definition) is 1. The van der Waals surface area contributed by atoms with Crippen molar-refractivity contribution in [3.63, 3.8) is 0 Å². The first-order valence-electron chi connectivity index (χ1n) is 6.03. The fourth-order valence-electron chi connectivity index (χ4n) is 2.97. The minimum absolute atomic E-state index is 0.0711. The third-order valence-electron chi connectivity index (χ3n) is 3.54. The summed E-state index contributed by atoms with van der Waals surface area (Å²) in [5, 5.41) is 7.65. The molecule has 86 valence electrons. The molecule has 2 saturated carbocycles. The van der Waals surface area contributed by atoms with Gasteiger partial charge in [-0.15, -0.1) is 0 Å². The smallest absolute Gasteiger partial charge is 0.166 e. The molecular formula is C12H22N2S. The van der Waals surface area contributed by atoms with Gasteiger partial charge in [-0.3, -0.25) is 0 Å². The molecule has 2 bridgehead atoms. The molecule has 15 heavy (non-hydrogen) atoms. The molecule has 2 fully saturated rings. The molecule has 0 aromatic carbocycles. The Hall–Kier alpha value is -0.310. The Morgan fingerprint density at radius 1 is 1.20 bits per heavy atom. The maximum atomic E-state index is 5.33. The minimum Gasteiger partial charge on any atom is -0.360 e. The van der Waals surface area contributed by atoms with Crippen LogP contribution < -0.4 is 10.6 Å². The Morgan fingerprint density at radius 2 is 1.93 bits per heavy atom. The van der Waals surface area contributed by atoms with Gasteiger partial charge in [0.15, 0.2) is 5.11 Å². The zero-order valence-corrected chi connectivity index (χ0v) is 10.8. The molecule has 0 amide bonds. The van der Waals surface area contributed by atoms with Crippen molar-refractivity contribution < 1.29 is 0 Å². The van der Waals surface area contributed by atoms with Crippen LogP contribution in [0.15, 0.2) is 0 Å². The second kappa shape index (κ2) is 3.93. The van der Waals surface area contributed by atoms with Crippen molar-refractivity contribution in [1.82, 2.24) is 10.6 Å². The summed E-state index contributed by atoms with van der Waals surface area (Å²) in [7, 11) is 0. The first-order chi connectivity index (χ1) is 6.94. The van der Waals surface area contributed by atoms with Gasteiger partial charge in [0.2, 0.25) is 0 Å². The zero-order chi connectivity index (χ0) is 11.1. The summed E-state index contributed by atoms with van der Waals surface area (Å²) in [5.41, 5.74) is 0.0711. The van der Waals surface area contributed by atoms with Crippen molar-refractivity contribution in [3.05, 3.63) is 0 Å². The highest BCUT2D eigenvalue weighted by Gasteiger charge is 2.39. The molecule has 2 nitrogen and oxygen atoms in total. The minimum atomic E-state index is 0.0711. The standard InChI is InChI=1S/C12H22N2S/c1-12(2,3)14-11(15)13-10-7-8-4-5-9(10)6-8/h8-10H,4-7H2,1-3H3,(H2,13,14,15)/t8-,9+,10+/m1/s1. The summed E-state index contributed by atoms with van der Waals surface area (Å²) in [6, 6.07) is 0.645. The van der Waals surface area contributed by atoms with Crippen LogP contribution in [-0.4, -0.2) is 16.7 Å². The van der Waals surface area contributed by atoms with Crippen molar-refractivity contribution in [2.75, 3.05) is 0 Å². The number of nitrogens with one attached hydrogen (secondary N) is 2. The average molecular weight is 226 g/mol. The molecule has 2 N–H and O–H groups in total. The lowest BCUT2D eigenvalue weighted by molar-refractivity contribution is 0.384. The highest BCUT2D eigenvalue weighted by molar-refractivity contribution is 7.80. The molecule has 0 aromatic rings. The number of fused-ring (bicyclic) bond motifs is 2. The molecular weight excluding hydrogens is 204 g/mol. The fourth-order valence-corrected chi connectivity index (χ4v) is 3.42. The van der Waals surface area contributed by atoms with Gasteiger partial charge >= 0.3 is 0 Å². The average Bonchev–Trinajstić information content (AvgIpc) is 2.60. The van der Waals surface area contributed by atoms with E-state index >= 15 is 0 Å². The topological polar surface area (TPSA) is 24.1 Å². The van der Waals surface area contributed by atoms with E-state index in [4.69, 9.17) is 12.2 Å². The van der Waals surface area contributed by atoms with Crippen LogP contribution in [0.25, 0.3) is 0 Å². The second-order valence-corrected chi connectivity index (χ2v) is 6.54. The molecule has 3 atom stereocenters. The van der Waals surface area contributed by atoms with Crippen LogP contribution in [0.2, 0.25) is 0 Å². The largest absolute Gasteiger partial charge is 0.360 e. The van der Waals surface area contributed by atoms with Crippen molar-refractivity contribution in [1.29, 1.82) is 0 Å². The molecule has 2 aliphatic carbocycles. The van der Waals surface area contributed by atoms with E-state index < -0.39 is 0 Å². The van der Waals surface area contributed by atoms with Crippen molar-refractivity contribution in [2.24, 2.45) is 11.8 Å². The maximum Gasteiger partial charge on any atom is 0.166 e. The third kappa shape index (κ3) is 2.83. The Labute approximate surface area is 98.2 Å². The van der Waals surface area contributed by atoms with Crippen molar-refractivity contribution >= 4 is 17.3 Å². The van der Waals surface area contributed by atoms with Gasteiger partial charge in [-0.1, -0.05) is 6.42 Å². The Balaban J connectivity index is 1.80. The Kier molecular flexibility index (Phi) is 2.93. The Morgan fingerprint density at radius 3 is 2.40 bits per heavy atom. The SMILES string of the molecule is CC(C)(C)NC(=S)N[C@H]1C[C@@H]2CC[C@H]1C2. The number of rotatable bonds is 1. The molecule has 2 rings (SSSR count). The fraction of sp³-hybridized carbons (Fsp3) is 0.917. The highest BCUT2D eigenvalue weighted by atomic mass is 32.1. The number of hydrogen-bond donors (Lipinski definition) is 2. The van der Waals surface area contributed by atoms with E-state index in [0.29, 0.717) is 6.04 Å². The highest BCUT2D eigenvalue weighted by Crippen LogP contribution is 2.44. The lowest BCUT2D eigenvalue weighted by atomic mass is 9.95.